The molecule has 0 aliphatic carbocycles. The molecule has 1 aliphatic heterocycles. The van der Waals surface area contributed by atoms with Crippen molar-refractivity contribution in [3.05, 3.63) is 29.8 Å². The van der Waals surface area contributed by atoms with Gasteiger partial charge in [0, 0.05) is 13.1 Å². The maximum absolute atomic E-state index is 11.6. The minimum Gasteiger partial charge on any atom is -0.489 e. The quantitative estimate of drug-likeness (QED) is 0.820. The van der Waals surface area contributed by atoms with E-state index in [1.54, 1.807) is 0 Å². The van der Waals surface area contributed by atoms with Crippen molar-refractivity contribution in [3.63, 3.8) is 0 Å². The lowest BCUT2D eigenvalue weighted by atomic mass is 10.0. The van der Waals surface area contributed by atoms with Crippen LogP contribution < -0.4 is 15.4 Å². The zero-order valence-corrected chi connectivity index (χ0v) is 10.9. The van der Waals surface area contributed by atoms with Crippen molar-refractivity contribution in [1.29, 1.82) is 0 Å². The Morgan fingerprint density at radius 3 is 2.83 bits per heavy atom. The van der Waals surface area contributed by atoms with Crippen LogP contribution in [0.3, 0.4) is 0 Å². The zero-order valence-electron chi connectivity index (χ0n) is 10.9. The van der Waals surface area contributed by atoms with E-state index in [4.69, 9.17) is 4.74 Å². The smallest absolute Gasteiger partial charge is 0.225 e. The summed E-state index contributed by atoms with van der Waals surface area (Å²) in [7, 11) is 0. The van der Waals surface area contributed by atoms with Crippen molar-refractivity contribution in [3.8, 4) is 5.75 Å². The van der Waals surface area contributed by atoms with Gasteiger partial charge < -0.3 is 15.4 Å². The lowest BCUT2D eigenvalue weighted by molar-refractivity contribution is -0.126. The van der Waals surface area contributed by atoms with Gasteiger partial charge in [0.15, 0.2) is 0 Å². The molecule has 1 aliphatic rings. The molecule has 1 fully saturated rings. The second-order valence-electron chi connectivity index (χ2n) is 4.79. The summed E-state index contributed by atoms with van der Waals surface area (Å²) in [4.78, 5) is 11.6. The average molecular weight is 248 g/mol. The van der Waals surface area contributed by atoms with E-state index in [1.165, 1.54) is 0 Å². The Hall–Kier alpha value is -1.55. The van der Waals surface area contributed by atoms with Crippen LogP contribution in [0.5, 0.6) is 5.75 Å². The molecule has 1 heterocycles. The highest BCUT2D eigenvalue weighted by atomic mass is 16.5. The number of hydrogen-bond donors (Lipinski definition) is 2. The number of nitrogens with one attached hydrogen (secondary N) is 2. The Labute approximate surface area is 108 Å². The number of rotatable bonds is 5. The summed E-state index contributed by atoms with van der Waals surface area (Å²) in [5, 5.41) is 6.01. The van der Waals surface area contributed by atoms with Gasteiger partial charge in [-0.1, -0.05) is 18.2 Å². The van der Waals surface area contributed by atoms with Crippen molar-refractivity contribution >= 4 is 5.91 Å². The van der Waals surface area contributed by atoms with Gasteiger partial charge in [-0.3, -0.25) is 4.79 Å². The molecule has 2 N–H and O–H groups in total. The van der Waals surface area contributed by atoms with E-state index in [0.29, 0.717) is 6.54 Å². The van der Waals surface area contributed by atoms with Crippen molar-refractivity contribution in [2.24, 2.45) is 5.92 Å². The Morgan fingerprint density at radius 1 is 1.50 bits per heavy atom. The van der Waals surface area contributed by atoms with Gasteiger partial charge in [0.25, 0.3) is 0 Å². The molecule has 0 saturated carbocycles. The molecule has 1 aromatic carbocycles. The molecule has 0 aromatic heterocycles. The molecule has 1 saturated heterocycles. The normalized spacial score (nSPS) is 16.8. The number of para-hydroxylation sites is 1. The number of aryl methyl sites for hydroxylation is 1. The SMILES string of the molecule is Cc1ccccc1OC(C)CNC(=O)C1CNC1. The first-order chi connectivity index (χ1) is 8.66. The summed E-state index contributed by atoms with van der Waals surface area (Å²) in [6.45, 7) is 6.10. The summed E-state index contributed by atoms with van der Waals surface area (Å²) in [5.74, 6) is 1.13. The number of amides is 1. The third-order valence-electron chi connectivity index (χ3n) is 3.14. The first kappa shape index (κ1) is 12.9. The number of ether oxygens (including phenoxy) is 1. The molecule has 0 radical (unpaired) electrons. The van der Waals surface area contributed by atoms with E-state index in [2.05, 4.69) is 10.6 Å². The van der Waals surface area contributed by atoms with Gasteiger partial charge in [-0.2, -0.15) is 0 Å². The molecule has 98 valence electrons. The number of hydrogen-bond acceptors (Lipinski definition) is 3. The van der Waals surface area contributed by atoms with Crippen LogP contribution in [0, 0.1) is 12.8 Å². The Kier molecular flexibility index (Phi) is 4.20. The minimum atomic E-state index is -0.0249. The molecule has 18 heavy (non-hydrogen) atoms. The monoisotopic (exact) mass is 248 g/mol. The van der Waals surface area contributed by atoms with Gasteiger partial charge in [0.05, 0.1) is 12.5 Å². The highest BCUT2D eigenvalue weighted by Gasteiger charge is 2.24. The first-order valence-corrected chi connectivity index (χ1v) is 6.37. The fraction of sp³-hybridized carbons (Fsp3) is 0.500. The highest BCUT2D eigenvalue weighted by Crippen LogP contribution is 2.17. The van der Waals surface area contributed by atoms with Crippen LogP contribution in [0.15, 0.2) is 24.3 Å². The molecule has 0 bridgehead atoms. The summed E-state index contributed by atoms with van der Waals surface area (Å²) < 4.78 is 5.80. The average Bonchev–Trinajstić information content (AvgIpc) is 2.27. The summed E-state index contributed by atoms with van der Waals surface area (Å²) in [6.07, 6.45) is -0.0249. The maximum atomic E-state index is 11.6. The molecule has 1 aromatic rings. The van der Waals surface area contributed by atoms with Crippen molar-refractivity contribution in [2.75, 3.05) is 19.6 Å². The predicted molar refractivity (Wildman–Crippen MR) is 70.6 cm³/mol. The molecule has 1 unspecified atom stereocenters. The van der Waals surface area contributed by atoms with Gasteiger partial charge in [-0.25, -0.2) is 0 Å². The van der Waals surface area contributed by atoms with E-state index in [1.807, 2.05) is 38.1 Å². The first-order valence-electron chi connectivity index (χ1n) is 6.37. The van der Waals surface area contributed by atoms with Crippen LogP contribution in [0.25, 0.3) is 0 Å². The third kappa shape index (κ3) is 3.23. The van der Waals surface area contributed by atoms with Crippen LogP contribution in [-0.4, -0.2) is 31.6 Å². The number of carbonyl (C=O) groups excluding carboxylic acids is 1. The summed E-state index contributed by atoms with van der Waals surface area (Å²) >= 11 is 0. The molecule has 2 rings (SSSR count). The van der Waals surface area contributed by atoms with Crippen molar-refractivity contribution in [1.82, 2.24) is 10.6 Å². The molecular formula is C14H20N2O2. The van der Waals surface area contributed by atoms with Crippen molar-refractivity contribution in [2.45, 2.75) is 20.0 Å². The van der Waals surface area contributed by atoms with Crippen LogP contribution >= 0.6 is 0 Å². The van der Waals surface area contributed by atoms with E-state index in [0.717, 1.165) is 24.4 Å². The fourth-order valence-corrected chi connectivity index (χ4v) is 1.81. The van der Waals surface area contributed by atoms with Gasteiger partial charge >= 0.3 is 0 Å². The molecule has 1 amide bonds. The fourth-order valence-electron chi connectivity index (χ4n) is 1.81. The summed E-state index contributed by atoms with van der Waals surface area (Å²) in [6, 6.07) is 7.90. The van der Waals surface area contributed by atoms with E-state index in [9.17, 15) is 4.79 Å². The standard InChI is InChI=1S/C14H20N2O2/c1-10-5-3-4-6-13(10)18-11(2)7-16-14(17)12-8-15-9-12/h3-6,11-12,15H,7-9H2,1-2H3,(H,16,17). The van der Waals surface area contributed by atoms with E-state index >= 15 is 0 Å². The van der Waals surface area contributed by atoms with Crippen LogP contribution in [-0.2, 0) is 4.79 Å². The van der Waals surface area contributed by atoms with E-state index in [-0.39, 0.29) is 17.9 Å². The Bertz CT molecular complexity index is 416. The second kappa shape index (κ2) is 5.87. The Balaban J connectivity index is 1.76. The van der Waals surface area contributed by atoms with Gasteiger partial charge in [0.2, 0.25) is 5.91 Å². The lowest BCUT2D eigenvalue weighted by Gasteiger charge is -2.26. The largest absolute Gasteiger partial charge is 0.489 e. The van der Waals surface area contributed by atoms with Gasteiger partial charge in [-0.05, 0) is 25.5 Å². The molecule has 4 nitrogen and oxygen atoms in total. The predicted octanol–water partition coefficient (Wildman–Crippen LogP) is 1.10. The number of carbonyl (C=O) groups is 1. The highest BCUT2D eigenvalue weighted by molar-refractivity contribution is 5.80. The number of benzene rings is 1. The van der Waals surface area contributed by atoms with Gasteiger partial charge in [-0.15, -0.1) is 0 Å². The molecule has 1 atom stereocenters. The van der Waals surface area contributed by atoms with E-state index < -0.39 is 0 Å². The maximum Gasteiger partial charge on any atom is 0.225 e. The van der Waals surface area contributed by atoms with Crippen LogP contribution in [0.1, 0.15) is 12.5 Å². The third-order valence-corrected chi connectivity index (χ3v) is 3.14. The second-order valence-corrected chi connectivity index (χ2v) is 4.79. The molecule has 0 spiro atoms. The zero-order chi connectivity index (χ0) is 13.0. The Morgan fingerprint density at radius 2 is 2.22 bits per heavy atom. The van der Waals surface area contributed by atoms with Crippen LogP contribution in [0.4, 0.5) is 0 Å². The molecule has 4 heteroatoms. The van der Waals surface area contributed by atoms with Crippen LogP contribution in [0.2, 0.25) is 0 Å². The van der Waals surface area contributed by atoms with Crippen molar-refractivity contribution < 1.29 is 9.53 Å². The summed E-state index contributed by atoms with van der Waals surface area (Å²) in [5.41, 5.74) is 1.11. The minimum absolute atomic E-state index is 0.0249. The molecular weight excluding hydrogens is 228 g/mol. The van der Waals surface area contributed by atoms with Gasteiger partial charge in [0.1, 0.15) is 11.9 Å². The topological polar surface area (TPSA) is 50.4 Å². The lowest BCUT2D eigenvalue weighted by Crippen LogP contribution is -2.51.